The molecule has 0 aliphatic rings. The second-order valence-corrected chi connectivity index (χ2v) is 4.69. The first kappa shape index (κ1) is 17.6. The van der Waals surface area contributed by atoms with Gasteiger partial charge in [-0.3, -0.25) is 14.9 Å². The van der Waals surface area contributed by atoms with E-state index in [2.05, 4.69) is 9.13 Å². The number of methoxy groups -OCH3 is 1. The van der Waals surface area contributed by atoms with Gasteiger partial charge in [-0.05, 0) is 19.1 Å². The summed E-state index contributed by atoms with van der Waals surface area (Å²) in [6, 6.07) is 5.62. The molecule has 0 bridgehead atoms. The van der Waals surface area contributed by atoms with Crippen LogP contribution < -0.4 is 0 Å². The van der Waals surface area contributed by atoms with Crippen molar-refractivity contribution in [3.8, 4) is 0 Å². The molecule has 0 heterocycles. The summed E-state index contributed by atoms with van der Waals surface area (Å²) in [5.74, 6) is -1.32. The maximum atomic E-state index is 11.6. The molecular weight excluding hydrogens is 312 g/mol. The molecule has 0 unspecified atom stereocenters. The maximum Gasteiger partial charge on any atom is 0.353 e. The zero-order valence-corrected chi connectivity index (χ0v) is 12.8. The number of hydrogen-bond acceptors (Lipinski definition) is 8. The van der Waals surface area contributed by atoms with Crippen LogP contribution in [0.25, 0.3) is 0 Å². The molecule has 1 aromatic rings. The second-order valence-electron chi connectivity index (χ2n) is 3.85. The van der Waals surface area contributed by atoms with E-state index in [0.29, 0.717) is 4.90 Å². The fourth-order valence-electron chi connectivity index (χ4n) is 1.34. The number of ether oxygens (including phenoxy) is 2. The number of non-ortho nitro benzene ring substituents is 1. The molecule has 8 nitrogen and oxygen atoms in total. The summed E-state index contributed by atoms with van der Waals surface area (Å²) in [6.07, 6.45) is -0.305. The number of nitrogens with zero attached hydrogens (tertiary/aromatic N) is 2. The number of esters is 2. The third kappa shape index (κ3) is 5.52. The fraction of sp³-hybridized carbons (Fsp3) is 0.308. The highest BCUT2D eigenvalue weighted by atomic mass is 32.2. The Morgan fingerprint density at radius 3 is 2.45 bits per heavy atom. The lowest BCUT2D eigenvalue weighted by Crippen LogP contribution is -2.20. The summed E-state index contributed by atoms with van der Waals surface area (Å²) in [4.78, 5) is 33.6. The van der Waals surface area contributed by atoms with Crippen molar-refractivity contribution in [1.29, 1.82) is 0 Å². The molecule has 0 atom stereocenters. The maximum absolute atomic E-state index is 11.6. The van der Waals surface area contributed by atoms with Crippen molar-refractivity contribution in [3.05, 3.63) is 34.4 Å². The van der Waals surface area contributed by atoms with Crippen LogP contribution >= 0.6 is 11.9 Å². The molecule has 0 aliphatic heterocycles. The van der Waals surface area contributed by atoms with E-state index in [0.717, 1.165) is 11.9 Å². The van der Waals surface area contributed by atoms with E-state index in [9.17, 15) is 19.7 Å². The lowest BCUT2D eigenvalue weighted by Gasteiger charge is -2.04. The van der Waals surface area contributed by atoms with Crippen molar-refractivity contribution in [1.82, 2.24) is 0 Å². The largest absolute Gasteiger partial charge is 0.466 e. The molecule has 0 saturated heterocycles. The first-order valence-corrected chi connectivity index (χ1v) is 6.97. The summed E-state index contributed by atoms with van der Waals surface area (Å²) < 4.78 is 13.2. The van der Waals surface area contributed by atoms with E-state index in [1.807, 2.05) is 0 Å². The van der Waals surface area contributed by atoms with Gasteiger partial charge < -0.3 is 9.47 Å². The number of nitro benzene ring substituents is 1. The third-order valence-corrected chi connectivity index (χ3v) is 3.14. The van der Waals surface area contributed by atoms with Crippen molar-refractivity contribution in [3.63, 3.8) is 0 Å². The predicted octanol–water partition coefficient (Wildman–Crippen LogP) is 2.17. The summed E-state index contributed by atoms with van der Waals surface area (Å²) in [7, 11) is 1.18. The minimum Gasteiger partial charge on any atom is -0.466 e. The minimum absolute atomic E-state index is 0.0481. The second kappa shape index (κ2) is 8.78. The standard InChI is InChI=1S/C13H14N2O6S/c1-3-21-12(16)8-11(13(17)20-2)14-22-10-6-4-9(5-7-10)15(18)19/h4-7H,3,8H2,1-2H3/b14-11+. The van der Waals surface area contributed by atoms with Crippen LogP contribution in [-0.4, -0.2) is 36.3 Å². The van der Waals surface area contributed by atoms with Crippen LogP contribution in [-0.2, 0) is 19.1 Å². The molecule has 118 valence electrons. The molecule has 1 aromatic carbocycles. The monoisotopic (exact) mass is 326 g/mol. The van der Waals surface area contributed by atoms with Gasteiger partial charge in [-0.15, -0.1) is 0 Å². The summed E-state index contributed by atoms with van der Waals surface area (Å²) >= 11 is 0.909. The molecule has 0 radical (unpaired) electrons. The van der Waals surface area contributed by atoms with Gasteiger partial charge in [-0.25, -0.2) is 9.19 Å². The molecule has 9 heteroatoms. The predicted molar refractivity (Wildman–Crippen MR) is 79.7 cm³/mol. The minimum atomic E-state index is -0.734. The zero-order chi connectivity index (χ0) is 16.5. The third-order valence-electron chi connectivity index (χ3n) is 2.35. The molecule has 0 saturated carbocycles. The molecule has 0 fully saturated rings. The van der Waals surface area contributed by atoms with Crippen LogP contribution in [0.3, 0.4) is 0 Å². The van der Waals surface area contributed by atoms with E-state index in [1.165, 1.54) is 31.4 Å². The molecule has 0 N–H and O–H groups in total. The van der Waals surface area contributed by atoms with Crippen LogP contribution in [0.1, 0.15) is 13.3 Å². The zero-order valence-electron chi connectivity index (χ0n) is 12.0. The summed E-state index contributed by atoms with van der Waals surface area (Å²) in [6.45, 7) is 1.85. The molecular formula is C13H14N2O6S. The van der Waals surface area contributed by atoms with Crippen LogP contribution in [0, 0.1) is 10.1 Å². The quantitative estimate of drug-likeness (QED) is 0.248. The van der Waals surface area contributed by atoms with Gasteiger partial charge in [0.25, 0.3) is 5.69 Å². The smallest absolute Gasteiger partial charge is 0.353 e. The van der Waals surface area contributed by atoms with Gasteiger partial charge in [-0.1, -0.05) is 0 Å². The van der Waals surface area contributed by atoms with E-state index in [-0.39, 0.29) is 24.4 Å². The van der Waals surface area contributed by atoms with Crippen molar-refractivity contribution < 1.29 is 24.0 Å². The van der Waals surface area contributed by atoms with Gasteiger partial charge in [-0.2, -0.15) is 0 Å². The van der Waals surface area contributed by atoms with Crippen LogP contribution in [0.15, 0.2) is 33.6 Å². The topological polar surface area (TPSA) is 108 Å². The molecule has 22 heavy (non-hydrogen) atoms. The Bertz CT molecular complexity index is 585. The summed E-state index contributed by atoms with van der Waals surface area (Å²) in [5.41, 5.74) is -0.141. The average Bonchev–Trinajstić information content (AvgIpc) is 2.51. The molecule has 0 amide bonds. The van der Waals surface area contributed by atoms with Gasteiger partial charge in [0.2, 0.25) is 0 Å². The van der Waals surface area contributed by atoms with Gasteiger partial charge in [0.05, 0.1) is 25.1 Å². The average molecular weight is 326 g/mol. The number of benzene rings is 1. The molecule has 0 aliphatic carbocycles. The molecule has 0 aromatic heterocycles. The van der Waals surface area contributed by atoms with Crippen LogP contribution in [0.4, 0.5) is 5.69 Å². The Hall–Kier alpha value is -2.42. The number of nitro groups is 1. The Kier molecular flexibility index (Phi) is 7.03. The van der Waals surface area contributed by atoms with Gasteiger partial charge in [0.15, 0.2) is 0 Å². The molecule has 0 spiro atoms. The van der Waals surface area contributed by atoms with E-state index >= 15 is 0 Å². The van der Waals surface area contributed by atoms with E-state index in [4.69, 9.17) is 4.74 Å². The Labute approximate surface area is 130 Å². The summed E-state index contributed by atoms with van der Waals surface area (Å²) in [5, 5.41) is 10.5. The Balaban J connectivity index is 2.81. The first-order chi connectivity index (χ1) is 10.5. The van der Waals surface area contributed by atoms with Crippen molar-refractivity contribution in [2.24, 2.45) is 4.40 Å². The normalized spacial score (nSPS) is 10.9. The van der Waals surface area contributed by atoms with Gasteiger partial charge >= 0.3 is 11.9 Å². The Morgan fingerprint density at radius 1 is 1.32 bits per heavy atom. The highest BCUT2D eigenvalue weighted by molar-refractivity contribution is 7.98. The van der Waals surface area contributed by atoms with Crippen LogP contribution in [0.2, 0.25) is 0 Å². The fourth-order valence-corrected chi connectivity index (χ4v) is 1.96. The lowest BCUT2D eigenvalue weighted by atomic mass is 10.3. The van der Waals surface area contributed by atoms with Gasteiger partial charge in [0, 0.05) is 29.0 Å². The lowest BCUT2D eigenvalue weighted by molar-refractivity contribution is -0.384. The van der Waals surface area contributed by atoms with Crippen LogP contribution in [0.5, 0.6) is 0 Å². The van der Waals surface area contributed by atoms with Crippen molar-refractivity contribution in [2.75, 3.05) is 13.7 Å². The van der Waals surface area contributed by atoms with Crippen molar-refractivity contribution in [2.45, 2.75) is 18.2 Å². The van der Waals surface area contributed by atoms with Gasteiger partial charge in [0.1, 0.15) is 5.71 Å². The Morgan fingerprint density at radius 2 is 1.95 bits per heavy atom. The highest BCUT2D eigenvalue weighted by Gasteiger charge is 2.17. The van der Waals surface area contributed by atoms with E-state index < -0.39 is 16.9 Å². The number of carbonyl (C=O) groups is 2. The van der Waals surface area contributed by atoms with E-state index in [1.54, 1.807) is 6.92 Å². The molecule has 1 rings (SSSR count). The first-order valence-electron chi connectivity index (χ1n) is 6.20. The SMILES string of the molecule is CCOC(=O)C/C(=N\Sc1ccc([N+](=O)[O-])cc1)C(=O)OC. The number of carbonyl (C=O) groups excluding carboxylic acids is 2. The highest BCUT2D eigenvalue weighted by Crippen LogP contribution is 2.22. The number of hydrogen-bond donors (Lipinski definition) is 0. The number of rotatable bonds is 7. The van der Waals surface area contributed by atoms with Crippen molar-refractivity contribution >= 4 is 35.3 Å².